The number of halogens is 3. The second-order valence-electron chi connectivity index (χ2n) is 4.82. The van der Waals surface area contributed by atoms with Gasteiger partial charge in [0.1, 0.15) is 11.6 Å². The van der Waals surface area contributed by atoms with E-state index in [2.05, 4.69) is 4.98 Å². The third-order valence-electron chi connectivity index (χ3n) is 3.65. The van der Waals surface area contributed by atoms with Crippen molar-refractivity contribution in [2.24, 2.45) is 5.92 Å². The Labute approximate surface area is 115 Å². The number of alkyl halides is 1. The highest BCUT2D eigenvalue weighted by Gasteiger charge is 2.21. The fourth-order valence-electron chi connectivity index (χ4n) is 2.41. The number of hydrogen-bond donors (Lipinski definition) is 0. The van der Waals surface area contributed by atoms with Gasteiger partial charge in [-0.15, -0.1) is 11.6 Å². The Morgan fingerprint density at radius 1 is 1.39 bits per heavy atom. The summed E-state index contributed by atoms with van der Waals surface area (Å²) in [6, 6.07) is 3.03. The van der Waals surface area contributed by atoms with Crippen LogP contribution in [-0.4, -0.2) is 9.55 Å². The number of fused-ring (bicyclic) bond motifs is 1. The average Bonchev–Trinajstić information content (AvgIpc) is 2.62. The van der Waals surface area contributed by atoms with Gasteiger partial charge in [0.2, 0.25) is 0 Å². The molecule has 1 fully saturated rings. The standard InChI is InChI=1S/C13H13Cl2FN2/c14-6-13-17-11-4-9(15)10(16)5-12(11)18(13)7-8-2-1-3-8/h4-5,8H,1-3,6-7H2. The lowest BCUT2D eigenvalue weighted by Gasteiger charge is -2.26. The molecule has 0 saturated heterocycles. The third-order valence-corrected chi connectivity index (χ3v) is 4.18. The minimum Gasteiger partial charge on any atom is -0.327 e. The van der Waals surface area contributed by atoms with Gasteiger partial charge in [-0.3, -0.25) is 0 Å². The van der Waals surface area contributed by atoms with Crippen LogP contribution in [0.2, 0.25) is 5.02 Å². The lowest BCUT2D eigenvalue weighted by atomic mass is 9.85. The maximum atomic E-state index is 13.6. The van der Waals surface area contributed by atoms with Crippen molar-refractivity contribution < 1.29 is 4.39 Å². The minimum atomic E-state index is -0.403. The summed E-state index contributed by atoms with van der Waals surface area (Å²) in [7, 11) is 0. The Morgan fingerprint density at radius 2 is 2.17 bits per heavy atom. The van der Waals surface area contributed by atoms with E-state index < -0.39 is 5.82 Å². The van der Waals surface area contributed by atoms with E-state index in [1.165, 1.54) is 25.3 Å². The zero-order valence-corrected chi connectivity index (χ0v) is 11.3. The summed E-state index contributed by atoms with van der Waals surface area (Å²) in [5.41, 5.74) is 1.51. The molecular formula is C13H13Cl2FN2. The first-order chi connectivity index (χ1) is 8.69. The maximum absolute atomic E-state index is 13.6. The molecule has 5 heteroatoms. The summed E-state index contributed by atoms with van der Waals surface area (Å²) < 4.78 is 15.6. The van der Waals surface area contributed by atoms with Crippen molar-refractivity contribution in [3.63, 3.8) is 0 Å². The molecule has 0 aliphatic heterocycles. The van der Waals surface area contributed by atoms with Crippen molar-refractivity contribution in [2.45, 2.75) is 31.7 Å². The van der Waals surface area contributed by atoms with Gasteiger partial charge in [-0.05, 0) is 24.8 Å². The van der Waals surface area contributed by atoms with Crippen LogP contribution >= 0.6 is 23.2 Å². The summed E-state index contributed by atoms with van der Waals surface area (Å²) in [4.78, 5) is 4.42. The van der Waals surface area contributed by atoms with Gasteiger partial charge in [-0.1, -0.05) is 18.0 Å². The molecule has 0 N–H and O–H groups in total. The second-order valence-corrected chi connectivity index (χ2v) is 5.50. The molecule has 3 rings (SSSR count). The average molecular weight is 287 g/mol. The maximum Gasteiger partial charge on any atom is 0.144 e. The van der Waals surface area contributed by atoms with E-state index in [1.54, 1.807) is 6.07 Å². The summed E-state index contributed by atoms with van der Waals surface area (Å²) in [5, 5.41) is 0.108. The lowest BCUT2D eigenvalue weighted by molar-refractivity contribution is 0.277. The summed E-state index contributed by atoms with van der Waals surface area (Å²) in [6.07, 6.45) is 3.75. The van der Waals surface area contributed by atoms with E-state index in [4.69, 9.17) is 23.2 Å². The second kappa shape index (κ2) is 4.71. The Hall–Kier alpha value is -0.800. The molecule has 1 saturated carbocycles. The third kappa shape index (κ3) is 1.99. The van der Waals surface area contributed by atoms with Gasteiger partial charge in [0.25, 0.3) is 0 Å². The van der Waals surface area contributed by atoms with E-state index >= 15 is 0 Å². The fourth-order valence-corrected chi connectivity index (χ4v) is 2.77. The van der Waals surface area contributed by atoms with Gasteiger partial charge in [-0.25, -0.2) is 9.37 Å². The Morgan fingerprint density at radius 3 is 2.78 bits per heavy atom. The van der Waals surface area contributed by atoms with Gasteiger partial charge in [0.05, 0.1) is 21.9 Å². The van der Waals surface area contributed by atoms with Crippen LogP contribution in [0.4, 0.5) is 4.39 Å². The number of benzene rings is 1. The summed E-state index contributed by atoms with van der Waals surface area (Å²) in [6.45, 7) is 0.875. The molecule has 2 nitrogen and oxygen atoms in total. The van der Waals surface area contributed by atoms with E-state index in [1.807, 2.05) is 4.57 Å². The van der Waals surface area contributed by atoms with Gasteiger partial charge in [0, 0.05) is 12.6 Å². The SMILES string of the molecule is Fc1cc2c(cc1Cl)nc(CCl)n2CC1CCC1. The van der Waals surface area contributed by atoms with Gasteiger partial charge in [0.15, 0.2) is 0 Å². The van der Waals surface area contributed by atoms with Crippen molar-refractivity contribution in [2.75, 3.05) is 0 Å². The van der Waals surface area contributed by atoms with Crippen LogP contribution in [0.5, 0.6) is 0 Å². The van der Waals surface area contributed by atoms with Crippen molar-refractivity contribution in [1.29, 1.82) is 0 Å². The highest BCUT2D eigenvalue weighted by molar-refractivity contribution is 6.31. The first-order valence-corrected chi connectivity index (χ1v) is 7.00. The van der Waals surface area contributed by atoms with Crippen LogP contribution in [0.15, 0.2) is 12.1 Å². The smallest absolute Gasteiger partial charge is 0.144 e. The molecule has 0 atom stereocenters. The quantitative estimate of drug-likeness (QED) is 0.766. The van der Waals surface area contributed by atoms with Gasteiger partial charge in [-0.2, -0.15) is 0 Å². The van der Waals surface area contributed by atoms with Crippen molar-refractivity contribution in [1.82, 2.24) is 9.55 Å². The molecule has 1 aliphatic carbocycles. The molecule has 18 heavy (non-hydrogen) atoms. The highest BCUT2D eigenvalue weighted by atomic mass is 35.5. The zero-order valence-electron chi connectivity index (χ0n) is 9.80. The first-order valence-electron chi connectivity index (χ1n) is 6.09. The first kappa shape index (κ1) is 12.2. The monoisotopic (exact) mass is 286 g/mol. The van der Waals surface area contributed by atoms with Crippen molar-refractivity contribution >= 4 is 34.2 Å². The normalized spacial score (nSPS) is 16.2. The number of nitrogens with zero attached hydrogens (tertiary/aromatic N) is 2. The lowest BCUT2D eigenvalue weighted by Crippen LogP contribution is -2.19. The van der Waals surface area contributed by atoms with E-state index in [-0.39, 0.29) is 5.02 Å². The fraction of sp³-hybridized carbons (Fsp3) is 0.462. The Balaban J connectivity index is 2.10. The van der Waals surface area contributed by atoms with Crippen molar-refractivity contribution in [3.05, 3.63) is 28.8 Å². The molecule has 1 aromatic carbocycles. The molecule has 0 amide bonds. The topological polar surface area (TPSA) is 17.8 Å². The molecule has 0 bridgehead atoms. The summed E-state index contributed by atoms with van der Waals surface area (Å²) in [5.74, 6) is 1.39. The molecule has 1 aromatic heterocycles. The molecule has 2 aromatic rings. The molecule has 96 valence electrons. The van der Waals surface area contributed by atoms with Crippen LogP contribution < -0.4 is 0 Å². The van der Waals surface area contributed by atoms with Crippen LogP contribution in [0.1, 0.15) is 25.1 Å². The van der Waals surface area contributed by atoms with E-state index in [9.17, 15) is 4.39 Å². The molecule has 0 unspecified atom stereocenters. The van der Waals surface area contributed by atoms with Crippen LogP contribution in [-0.2, 0) is 12.4 Å². The van der Waals surface area contributed by atoms with Crippen LogP contribution in [0.3, 0.4) is 0 Å². The van der Waals surface area contributed by atoms with E-state index in [0.717, 1.165) is 23.4 Å². The largest absolute Gasteiger partial charge is 0.327 e. The Kier molecular flexibility index (Phi) is 3.20. The van der Waals surface area contributed by atoms with E-state index in [0.29, 0.717) is 11.8 Å². The number of rotatable bonds is 3. The zero-order chi connectivity index (χ0) is 12.7. The molecular weight excluding hydrogens is 274 g/mol. The van der Waals surface area contributed by atoms with Crippen LogP contribution in [0, 0.1) is 11.7 Å². The number of hydrogen-bond acceptors (Lipinski definition) is 1. The van der Waals surface area contributed by atoms with Gasteiger partial charge < -0.3 is 4.57 Å². The van der Waals surface area contributed by atoms with Crippen LogP contribution in [0.25, 0.3) is 11.0 Å². The highest BCUT2D eigenvalue weighted by Crippen LogP contribution is 2.31. The number of aromatic nitrogens is 2. The Bertz CT molecular complexity index is 590. The molecule has 1 heterocycles. The molecule has 0 spiro atoms. The molecule has 1 aliphatic rings. The molecule has 0 radical (unpaired) electrons. The summed E-state index contributed by atoms with van der Waals surface area (Å²) >= 11 is 11.7. The van der Waals surface area contributed by atoms with Gasteiger partial charge >= 0.3 is 0 Å². The minimum absolute atomic E-state index is 0.108. The number of imidazole rings is 1. The predicted octanol–water partition coefficient (Wildman–Crippen LogP) is 4.37. The predicted molar refractivity (Wildman–Crippen MR) is 71.6 cm³/mol. The van der Waals surface area contributed by atoms with Crippen molar-refractivity contribution in [3.8, 4) is 0 Å².